The van der Waals surface area contributed by atoms with Crippen LogP contribution in [-0.4, -0.2) is 68.6 Å². The van der Waals surface area contributed by atoms with E-state index >= 15 is 0 Å². The largest absolute Gasteiger partial charge is 0.497 e. The van der Waals surface area contributed by atoms with Crippen LogP contribution in [0.4, 0.5) is 0 Å². The standard InChI is InChI=1S/C20H27ClN2O4/c1-26-13-12-23-9-3-6-20(19(23)25)7-10-22(11-8-20)18(24)16-14-15(27-2)4-5-17(16)21/h4-5,14H,3,6-13H2,1-2H3. The Morgan fingerprint density at radius 3 is 2.59 bits per heavy atom. The molecular weight excluding hydrogens is 368 g/mol. The maximum Gasteiger partial charge on any atom is 0.255 e. The topological polar surface area (TPSA) is 59.1 Å². The fraction of sp³-hybridized carbons (Fsp3) is 0.600. The minimum absolute atomic E-state index is 0.103. The summed E-state index contributed by atoms with van der Waals surface area (Å²) in [7, 11) is 3.21. The summed E-state index contributed by atoms with van der Waals surface area (Å²) in [5, 5.41) is 0.417. The van der Waals surface area contributed by atoms with E-state index in [4.69, 9.17) is 21.1 Å². The lowest BCUT2D eigenvalue weighted by Crippen LogP contribution is -2.54. The van der Waals surface area contributed by atoms with Crippen molar-refractivity contribution in [2.75, 3.05) is 47.0 Å². The van der Waals surface area contributed by atoms with E-state index in [1.165, 1.54) is 0 Å². The first kappa shape index (κ1) is 20.0. The van der Waals surface area contributed by atoms with Crippen LogP contribution in [0.2, 0.25) is 5.02 Å². The van der Waals surface area contributed by atoms with Crippen molar-refractivity contribution < 1.29 is 19.1 Å². The van der Waals surface area contributed by atoms with Crippen LogP contribution in [-0.2, 0) is 9.53 Å². The molecule has 27 heavy (non-hydrogen) atoms. The highest BCUT2D eigenvalue weighted by Crippen LogP contribution is 2.41. The smallest absolute Gasteiger partial charge is 0.255 e. The zero-order chi connectivity index (χ0) is 19.4. The third-order valence-electron chi connectivity index (χ3n) is 5.80. The highest BCUT2D eigenvalue weighted by Gasteiger charge is 2.46. The lowest BCUT2D eigenvalue weighted by Gasteiger charge is -2.46. The first-order valence-corrected chi connectivity index (χ1v) is 9.80. The molecule has 0 N–H and O–H groups in total. The maximum atomic E-state index is 13.0. The number of hydrogen-bond acceptors (Lipinski definition) is 4. The van der Waals surface area contributed by atoms with E-state index < -0.39 is 0 Å². The summed E-state index contributed by atoms with van der Waals surface area (Å²) in [6.45, 7) is 3.12. The highest BCUT2D eigenvalue weighted by atomic mass is 35.5. The Bertz CT molecular complexity index is 701. The van der Waals surface area contributed by atoms with E-state index in [1.54, 1.807) is 37.3 Å². The number of methoxy groups -OCH3 is 2. The molecule has 148 valence electrons. The molecule has 2 aliphatic rings. The molecule has 1 aromatic rings. The summed E-state index contributed by atoms with van der Waals surface area (Å²) >= 11 is 6.22. The second kappa shape index (κ2) is 8.48. The third-order valence-corrected chi connectivity index (χ3v) is 6.13. The number of benzene rings is 1. The molecule has 0 saturated carbocycles. The van der Waals surface area contributed by atoms with Crippen LogP contribution in [0.1, 0.15) is 36.0 Å². The lowest BCUT2D eigenvalue weighted by atomic mass is 9.71. The number of carbonyl (C=O) groups is 2. The van der Waals surface area contributed by atoms with Crippen molar-refractivity contribution in [3.63, 3.8) is 0 Å². The van der Waals surface area contributed by atoms with Crippen LogP contribution in [0.5, 0.6) is 5.75 Å². The van der Waals surface area contributed by atoms with Gasteiger partial charge in [-0.1, -0.05) is 11.6 Å². The highest BCUT2D eigenvalue weighted by molar-refractivity contribution is 6.33. The lowest BCUT2D eigenvalue weighted by molar-refractivity contribution is -0.150. The molecule has 2 fully saturated rings. The molecule has 0 atom stereocenters. The van der Waals surface area contributed by atoms with E-state index in [1.807, 2.05) is 4.90 Å². The normalized spacial score (nSPS) is 19.4. The molecule has 6 nitrogen and oxygen atoms in total. The van der Waals surface area contributed by atoms with Gasteiger partial charge in [0.15, 0.2) is 0 Å². The maximum absolute atomic E-state index is 13.0. The minimum Gasteiger partial charge on any atom is -0.497 e. The quantitative estimate of drug-likeness (QED) is 0.770. The van der Waals surface area contributed by atoms with Gasteiger partial charge in [-0.2, -0.15) is 0 Å². The van der Waals surface area contributed by atoms with Gasteiger partial charge < -0.3 is 19.3 Å². The number of piperidine rings is 2. The van der Waals surface area contributed by atoms with Gasteiger partial charge in [-0.15, -0.1) is 0 Å². The summed E-state index contributed by atoms with van der Waals surface area (Å²) in [5.74, 6) is 0.720. The van der Waals surface area contributed by atoms with Gasteiger partial charge in [0.1, 0.15) is 5.75 Å². The Hall–Kier alpha value is -1.79. The summed E-state index contributed by atoms with van der Waals surface area (Å²) in [4.78, 5) is 29.7. The summed E-state index contributed by atoms with van der Waals surface area (Å²) in [6.07, 6.45) is 3.30. The number of likely N-dealkylation sites (tertiary alicyclic amines) is 2. The minimum atomic E-state index is -0.332. The van der Waals surface area contributed by atoms with Crippen molar-refractivity contribution in [3.05, 3.63) is 28.8 Å². The second-order valence-corrected chi connectivity index (χ2v) is 7.71. The van der Waals surface area contributed by atoms with E-state index in [0.29, 0.717) is 55.4 Å². The number of carbonyl (C=O) groups excluding carboxylic acids is 2. The Morgan fingerprint density at radius 1 is 1.19 bits per heavy atom. The van der Waals surface area contributed by atoms with Gasteiger partial charge in [0.05, 0.1) is 29.7 Å². The van der Waals surface area contributed by atoms with Crippen LogP contribution in [0.25, 0.3) is 0 Å². The number of hydrogen-bond donors (Lipinski definition) is 0. The van der Waals surface area contributed by atoms with Gasteiger partial charge >= 0.3 is 0 Å². The van der Waals surface area contributed by atoms with Crippen molar-refractivity contribution in [2.45, 2.75) is 25.7 Å². The van der Waals surface area contributed by atoms with Gasteiger partial charge in [-0.25, -0.2) is 0 Å². The van der Waals surface area contributed by atoms with Gasteiger partial charge in [-0.05, 0) is 43.9 Å². The van der Waals surface area contributed by atoms with Crippen LogP contribution in [0.15, 0.2) is 18.2 Å². The van der Waals surface area contributed by atoms with E-state index in [9.17, 15) is 9.59 Å². The molecule has 2 heterocycles. The Balaban J connectivity index is 1.68. The fourth-order valence-electron chi connectivity index (χ4n) is 4.13. The summed E-state index contributed by atoms with van der Waals surface area (Å²) in [5.41, 5.74) is 0.115. The molecule has 3 rings (SSSR count). The average Bonchev–Trinajstić information content (AvgIpc) is 2.70. The Labute approximate surface area is 165 Å². The van der Waals surface area contributed by atoms with Crippen LogP contribution >= 0.6 is 11.6 Å². The van der Waals surface area contributed by atoms with E-state index in [2.05, 4.69) is 0 Å². The van der Waals surface area contributed by atoms with Crippen molar-refractivity contribution in [2.24, 2.45) is 5.41 Å². The van der Waals surface area contributed by atoms with Gasteiger partial charge in [0.2, 0.25) is 5.91 Å². The zero-order valence-electron chi connectivity index (χ0n) is 16.0. The van der Waals surface area contributed by atoms with Crippen molar-refractivity contribution in [1.29, 1.82) is 0 Å². The molecule has 0 bridgehead atoms. The van der Waals surface area contributed by atoms with Crippen LogP contribution < -0.4 is 4.74 Å². The number of rotatable bonds is 5. The average molecular weight is 395 g/mol. The Morgan fingerprint density at radius 2 is 1.93 bits per heavy atom. The van der Waals surface area contributed by atoms with Gasteiger partial charge in [0, 0.05) is 33.3 Å². The molecule has 2 saturated heterocycles. The summed E-state index contributed by atoms with van der Waals surface area (Å²) < 4.78 is 10.3. The summed E-state index contributed by atoms with van der Waals surface area (Å²) in [6, 6.07) is 5.09. The number of amides is 2. The monoisotopic (exact) mass is 394 g/mol. The molecule has 0 radical (unpaired) electrons. The van der Waals surface area contributed by atoms with Crippen LogP contribution in [0, 0.1) is 5.41 Å². The predicted molar refractivity (Wildman–Crippen MR) is 103 cm³/mol. The zero-order valence-corrected chi connectivity index (χ0v) is 16.8. The first-order valence-electron chi connectivity index (χ1n) is 9.42. The van der Waals surface area contributed by atoms with Gasteiger partial charge in [0.25, 0.3) is 5.91 Å². The fourth-order valence-corrected chi connectivity index (χ4v) is 4.33. The van der Waals surface area contributed by atoms with Crippen molar-refractivity contribution in [1.82, 2.24) is 9.80 Å². The number of nitrogens with zero attached hydrogens (tertiary/aromatic N) is 2. The molecular formula is C20H27ClN2O4. The van der Waals surface area contributed by atoms with Crippen molar-refractivity contribution in [3.8, 4) is 5.75 Å². The SMILES string of the molecule is COCCN1CCCC2(CCN(C(=O)c3cc(OC)ccc3Cl)CC2)C1=O. The van der Waals surface area contributed by atoms with E-state index in [-0.39, 0.29) is 17.2 Å². The van der Waals surface area contributed by atoms with Crippen molar-refractivity contribution >= 4 is 23.4 Å². The molecule has 0 aromatic heterocycles. The molecule has 2 aliphatic heterocycles. The number of halogens is 1. The second-order valence-electron chi connectivity index (χ2n) is 7.31. The molecule has 7 heteroatoms. The molecule has 1 spiro atoms. The molecule has 0 unspecified atom stereocenters. The molecule has 0 aliphatic carbocycles. The molecule has 2 amide bonds. The number of ether oxygens (including phenoxy) is 2. The third kappa shape index (κ3) is 4.06. The first-order chi connectivity index (χ1) is 13.0. The van der Waals surface area contributed by atoms with E-state index in [0.717, 1.165) is 19.4 Å². The van der Waals surface area contributed by atoms with Gasteiger partial charge in [-0.3, -0.25) is 9.59 Å². The Kier molecular flexibility index (Phi) is 6.27. The molecule has 1 aromatic carbocycles. The van der Waals surface area contributed by atoms with Crippen LogP contribution in [0.3, 0.4) is 0 Å². The predicted octanol–water partition coefficient (Wildman–Crippen LogP) is 2.84.